The number of hydrogen-bond acceptors (Lipinski definition) is 3. The van der Waals surface area contributed by atoms with Crippen LogP contribution in [0, 0.1) is 5.92 Å². The maximum atomic E-state index is 12.5. The molecule has 0 spiro atoms. The van der Waals surface area contributed by atoms with Gasteiger partial charge in [-0.1, -0.05) is 19.3 Å². The third-order valence-electron chi connectivity index (χ3n) is 4.14. The monoisotopic (exact) mass is 272 g/mol. The molecule has 3 atom stereocenters. The van der Waals surface area contributed by atoms with Gasteiger partial charge in [-0.2, -0.15) is 11.8 Å². The Morgan fingerprint density at radius 2 is 2.06 bits per heavy atom. The summed E-state index contributed by atoms with van der Waals surface area (Å²) >= 11 is 1.84. The van der Waals surface area contributed by atoms with Crippen LogP contribution in [-0.4, -0.2) is 41.9 Å². The number of amides is 1. The van der Waals surface area contributed by atoms with Crippen molar-refractivity contribution in [2.75, 3.05) is 19.1 Å². The van der Waals surface area contributed by atoms with Crippen molar-refractivity contribution in [3.05, 3.63) is 0 Å². The molecule has 2 N–H and O–H groups in total. The zero-order chi connectivity index (χ0) is 13.5. The van der Waals surface area contributed by atoms with E-state index in [1.54, 1.807) is 0 Å². The molecule has 1 fully saturated rings. The van der Waals surface area contributed by atoms with Gasteiger partial charge < -0.3 is 10.6 Å². The molecule has 0 aromatic rings. The van der Waals surface area contributed by atoms with E-state index in [2.05, 4.69) is 13.2 Å². The van der Waals surface area contributed by atoms with Crippen molar-refractivity contribution in [1.29, 1.82) is 0 Å². The Bertz CT molecular complexity index is 260. The molecule has 1 saturated carbocycles. The smallest absolute Gasteiger partial charge is 0.227 e. The second kappa shape index (κ2) is 8.05. The first-order valence-corrected chi connectivity index (χ1v) is 8.48. The minimum Gasteiger partial charge on any atom is -0.343 e. The SMILES string of the molecule is CSCCC(C)N(C)C(=O)C1CCCCCC1N. The predicted octanol–water partition coefficient (Wildman–Crippen LogP) is 2.49. The molecule has 1 amide bonds. The topological polar surface area (TPSA) is 46.3 Å². The van der Waals surface area contributed by atoms with Crippen LogP contribution < -0.4 is 5.73 Å². The van der Waals surface area contributed by atoms with Crippen LogP contribution in [0.5, 0.6) is 0 Å². The highest BCUT2D eigenvalue weighted by molar-refractivity contribution is 7.98. The Labute approximate surface area is 116 Å². The van der Waals surface area contributed by atoms with E-state index in [0.29, 0.717) is 6.04 Å². The van der Waals surface area contributed by atoms with E-state index < -0.39 is 0 Å². The predicted molar refractivity (Wildman–Crippen MR) is 79.8 cm³/mol. The summed E-state index contributed by atoms with van der Waals surface area (Å²) in [6.07, 6.45) is 8.70. The fourth-order valence-corrected chi connectivity index (χ4v) is 3.18. The maximum absolute atomic E-state index is 12.5. The summed E-state index contributed by atoms with van der Waals surface area (Å²) in [5, 5.41) is 0. The summed E-state index contributed by atoms with van der Waals surface area (Å²) < 4.78 is 0. The standard InChI is InChI=1S/C14H28N2OS/c1-11(9-10-18-3)16(2)14(17)12-7-5-4-6-8-13(12)15/h11-13H,4-10,15H2,1-3H3. The van der Waals surface area contributed by atoms with Crippen molar-refractivity contribution in [2.45, 2.75) is 57.5 Å². The molecule has 1 rings (SSSR count). The molecule has 1 aliphatic carbocycles. The maximum Gasteiger partial charge on any atom is 0.227 e. The number of hydrogen-bond donors (Lipinski definition) is 1. The first-order chi connectivity index (χ1) is 8.57. The number of rotatable bonds is 5. The molecule has 0 aromatic heterocycles. The summed E-state index contributed by atoms with van der Waals surface area (Å²) in [6.45, 7) is 2.14. The zero-order valence-electron chi connectivity index (χ0n) is 12.0. The molecule has 18 heavy (non-hydrogen) atoms. The molecule has 106 valence electrons. The van der Waals surface area contributed by atoms with Gasteiger partial charge in [0, 0.05) is 19.1 Å². The van der Waals surface area contributed by atoms with E-state index in [9.17, 15) is 4.79 Å². The third-order valence-corrected chi connectivity index (χ3v) is 4.78. The quantitative estimate of drug-likeness (QED) is 0.782. The van der Waals surface area contributed by atoms with Crippen LogP contribution in [0.15, 0.2) is 0 Å². The van der Waals surface area contributed by atoms with Gasteiger partial charge in [-0.05, 0) is 38.2 Å². The Kier molecular flexibility index (Phi) is 7.08. The van der Waals surface area contributed by atoms with E-state index in [1.807, 2.05) is 23.7 Å². The highest BCUT2D eigenvalue weighted by atomic mass is 32.2. The van der Waals surface area contributed by atoms with E-state index in [0.717, 1.165) is 31.4 Å². The fraction of sp³-hybridized carbons (Fsp3) is 0.929. The van der Waals surface area contributed by atoms with Gasteiger partial charge in [0.25, 0.3) is 0 Å². The summed E-state index contributed by atoms with van der Waals surface area (Å²) in [4.78, 5) is 14.4. The summed E-state index contributed by atoms with van der Waals surface area (Å²) in [5.41, 5.74) is 6.17. The highest BCUT2D eigenvalue weighted by Crippen LogP contribution is 2.24. The molecular formula is C14H28N2OS. The van der Waals surface area contributed by atoms with E-state index >= 15 is 0 Å². The van der Waals surface area contributed by atoms with Gasteiger partial charge in [0.1, 0.15) is 0 Å². The first-order valence-electron chi connectivity index (χ1n) is 7.09. The van der Waals surface area contributed by atoms with Crippen LogP contribution in [0.4, 0.5) is 0 Å². The van der Waals surface area contributed by atoms with Crippen molar-refractivity contribution in [1.82, 2.24) is 4.90 Å². The summed E-state index contributed by atoms with van der Waals surface area (Å²) in [6, 6.07) is 0.385. The molecule has 0 saturated heterocycles. The third kappa shape index (κ3) is 4.47. The largest absolute Gasteiger partial charge is 0.343 e. The van der Waals surface area contributed by atoms with Gasteiger partial charge in [-0.3, -0.25) is 4.79 Å². The van der Waals surface area contributed by atoms with Crippen molar-refractivity contribution in [2.24, 2.45) is 11.7 Å². The number of carbonyl (C=O) groups is 1. The van der Waals surface area contributed by atoms with E-state index in [4.69, 9.17) is 5.73 Å². The normalized spacial score (nSPS) is 26.4. The molecule has 0 heterocycles. The average Bonchev–Trinajstić information content (AvgIpc) is 2.58. The average molecular weight is 272 g/mol. The lowest BCUT2D eigenvalue weighted by atomic mass is 9.93. The fourth-order valence-electron chi connectivity index (χ4n) is 2.60. The molecule has 3 nitrogen and oxygen atoms in total. The molecular weight excluding hydrogens is 244 g/mol. The molecule has 4 heteroatoms. The molecule has 0 radical (unpaired) electrons. The van der Waals surface area contributed by atoms with Gasteiger partial charge in [0.15, 0.2) is 0 Å². The lowest BCUT2D eigenvalue weighted by molar-refractivity contribution is -0.137. The van der Waals surface area contributed by atoms with Gasteiger partial charge in [-0.15, -0.1) is 0 Å². The van der Waals surface area contributed by atoms with Crippen LogP contribution in [-0.2, 0) is 4.79 Å². The zero-order valence-corrected chi connectivity index (χ0v) is 12.8. The number of nitrogens with zero attached hydrogens (tertiary/aromatic N) is 1. The van der Waals surface area contributed by atoms with E-state index in [1.165, 1.54) is 12.8 Å². The van der Waals surface area contributed by atoms with Gasteiger partial charge in [0.05, 0.1) is 5.92 Å². The second-order valence-electron chi connectivity index (χ2n) is 5.49. The van der Waals surface area contributed by atoms with Crippen LogP contribution in [0.1, 0.15) is 45.4 Å². The van der Waals surface area contributed by atoms with E-state index in [-0.39, 0.29) is 17.9 Å². The molecule has 1 aliphatic rings. The molecule has 0 aromatic carbocycles. The second-order valence-corrected chi connectivity index (χ2v) is 6.47. The van der Waals surface area contributed by atoms with Gasteiger partial charge in [0.2, 0.25) is 5.91 Å². The minimum absolute atomic E-state index is 0.0502. The number of carbonyl (C=O) groups excluding carboxylic acids is 1. The Morgan fingerprint density at radius 1 is 1.39 bits per heavy atom. The Hall–Kier alpha value is -0.220. The lowest BCUT2D eigenvalue weighted by Crippen LogP contribution is -2.45. The van der Waals surface area contributed by atoms with Gasteiger partial charge in [-0.25, -0.2) is 0 Å². The van der Waals surface area contributed by atoms with Crippen molar-refractivity contribution in [3.63, 3.8) is 0 Å². The van der Waals surface area contributed by atoms with Crippen LogP contribution >= 0.6 is 11.8 Å². The Balaban J connectivity index is 2.55. The van der Waals surface area contributed by atoms with Crippen molar-refractivity contribution in [3.8, 4) is 0 Å². The summed E-state index contributed by atoms with van der Waals surface area (Å²) in [7, 11) is 1.94. The van der Waals surface area contributed by atoms with Crippen molar-refractivity contribution >= 4 is 17.7 Å². The Morgan fingerprint density at radius 3 is 2.72 bits per heavy atom. The number of thioether (sulfide) groups is 1. The number of nitrogens with two attached hydrogens (primary N) is 1. The lowest BCUT2D eigenvalue weighted by Gasteiger charge is -2.30. The highest BCUT2D eigenvalue weighted by Gasteiger charge is 2.30. The molecule has 0 aliphatic heterocycles. The first kappa shape index (κ1) is 15.8. The summed E-state index contributed by atoms with van der Waals surface area (Å²) in [5.74, 6) is 1.42. The molecule has 0 bridgehead atoms. The van der Waals surface area contributed by atoms with Gasteiger partial charge >= 0.3 is 0 Å². The van der Waals surface area contributed by atoms with Crippen LogP contribution in [0.3, 0.4) is 0 Å². The minimum atomic E-state index is 0.0502. The molecule has 3 unspecified atom stereocenters. The van der Waals surface area contributed by atoms with Crippen LogP contribution in [0.2, 0.25) is 0 Å². The van der Waals surface area contributed by atoms with Crippen molar-refractivity contribution < 1.29 is 4.79 Å². The van der Waals surface area contributed by atoms with Crippen LogP contribution in [0.25, 0.3) is 0 Å².